The Kier molecular flexibility index (Phi) is 2.93. The SMILES string of the molecule is CON(C)C(=O)c1c(C2CC2)c(F)c2ncc(F)cn12. The third-order valence-corrected chi connectivity index (χ3v) is 3.47. The lowest BCUT2D eigenvalue weighted by Gasteiger charge is -2.14. The van der Waals surface area contributed by atoms with Gasteiger partial charge < -0.3 is 0 Å². The minimum Gasteiger partial charge on any atom is -0.291 e. The molecule has 0 bridgehead atoms. The first-order valence-electron chi connectivity index (χ1n) is 6.21. The molecule has 0 aromatic carbocycles. The lowest BCUT2D eigenvalue weighted by molar-refractivity contribution is -0.0761. The van der Waals surface area contributed by atoms with Crippen molar-refractivity contribution in [1.29, 1.82) is 0 Å². The molecule has 1 amide bonds. The second kappa shape index (κ2) is 4.52. The second-order valence-corrected chi connectivity index (χ2v) is 4.80. The maximum absolute atomic E-state index is 14.4. The van der Waals surface area contributed by atoms with Crippen LogP contribution in [0.5, 0.6) is 0 Å². The molecule has 1 saturated carbocycles. The van der Waals surface area contributed by atoms with Crippen LogP contribution in [-0.2, 0) is 4.84 Å². The van der Waals surface area contributed by atoms with Gasteiger partial charge in [0.05, 0.1) is 13.3 Å². The monoisotopic (exact) mass is 281 g/mol. The van der Waals surface area contributed by atoms with E-state index in [1.807, 2.05) is 0 Å². The highest BCUT2D eigenvalue weighted by atomic mass is 19.1. The second-order valence-electron chi connectivity index (χ2n) is 4.80. The van der Waals surface area contributed by atoms with E-state index in [2.05, 4.69) is 4.98 Å². The number of nitrogens with zero attached hydrogens (tertiary/aromatic N) is 3. The maximum atomic E-state index is 14.4. The summed E-state index contributed by atoms with van der Waals surface area (Å²) >= 11 is 0. The molecule has 1 aliphatic rings. The summed E-state index contributed by atoms with van der Waals surface area (Å²) in [4.78, 5) is 20.9. The molecular weight excluding hydrogens is 268 g/mol. The Morgan fingerprint density at radius 2 is 2.20 bits per heavy atom. The Labute approximate surface area is 113 Å². The van der Waals surface area contributed by atoms with Crippen molar-refractivity contribution in [3.63, 3.8) is 0 Å². The van der Waals surface area contributed by atoms with Gasteiger partial charge >= 0.3 is 0 Å². The molecule has 2 aromatic heterocycles. The largest absolute Gasteiger partial charge is 0.294 e. The molecule has 20 heavy (non-hydrogen) atoms. The van der Waals surface area contributed by atoms with Crippen molar-refractivity contribution < 1.29 is 18.4 Å². The number of amides is 1. The lowest BCUT2D eigenvalue weighted by Crippen LogP contribution is -2.27. The summed E-state index contributed by atoms with van der Waals surface area (Å²) in [5.41, 5.74) is 0.342. The van der Waals surface area contributed by atoms with E-state index in [0.717, 1.165) is 34.7 Å². The number of carbonyl (C=O) groups is 1. The molecule has 0 saturated heterocycles. The van der Waals surface area contributed by atoms with Gasteiger partial charge in [0.1, 0.15) is 5.69 Å². The Balaban J connectivity index is 2.28. The minimum absolute atomic E-state index is 0.0102. The summed E-state index contributed by atoms with van der Waals surface area (Å²) in [5.74, 6) is -1.73. The predicted octanol–water partition coefficient (Wildman–Crippen LogP) is 2.12. The first-order chi connectivity index (χ1) is 9.54. The topological polar surface area (TPSA) is 46.8 Å². The van der Waals surface area contributed by atoms with Gasteiger partial charge in [-0.3, -0.25) is 14.0 Å². The van der Waals surface area contributed by atoms with Gasteiger partial charge in [0.25, 0.3) is 5.91 Å². The molecule has 0 radical (unpaired) electrons. The summed E-state index contributed by atoms with van der Waals surface area (Å²) in [6.07, 6.45) is 3.62. The fourth-order valence-corrected chi connectivity index (χ4v) is 2.28. The third kappa shape index (κ3) is 1.85. The molecule has 0 aliphatic heterocycles. The molecule has 7 heteroatoms. The number of halogens is 2. The van der Waals surface area contributed by atoms with E-state index in [0.29, 0.717) is 5.56 Å². The van der Waals surface area contributed by atoms with Crippen LogP contribution in [0.4, 0.5) is 8.78 Å². The van der Waals surface area contributed by atoms with Gasteiger partial charge in [-0.1, -0.05) is 0 Å². The minimum atomic E-state index is -0.635. The Morgan fingerprint density at radius 1 is 1.50 bits per heavy atom. The Morgan fingerprint density at radius 3 is 2.80 bits per heavy atom. The molecule has 106 valence electrons. The number of hydrogen-bond donors (Lipinski definition) is 0. The third-order valence-electron chi connectivity index (χ3n) is 3.47. The van der Waals surface area contributed by atoms with Crippen LogP contribution >= 0.6 is 0 Å². The smallest absolute Gasteiger partial charge is 0.291 e. The number of aromatic nitrogens is 2. The van der Waals surface area contributed by atoms with Crippen LogP contribution in [0.25, 0.3) is 5.65 Å². The van der Waals surface area contributed by atoms with Crippen molar-refractivity contribution >= 4 is 11.6 Å². The normalized spacial score (nSPS) is 14.8. The Hall–Kier alpha value is -2.02. The molecule has 2 aromatic rings. The molecule has 0 atom stereocenters. The molecule has 1 fully saturated rings. The number of hydrogen-bond acceptors (Lipinski definition) is 3. The molecular formula is C13H13F2N3O2. The van der Waals surface area contributed by atoms with Crippen molar-refractivity contribution in [2.45, 2.75) is 18.8 Å². The van der Waals surface area contributed by atoms with Crippen LogP contribution in [0.2, 0.25) is 0 Å². The van der Waals surface area contributed by atoms with Crippen molar-refractivity contribution in [3.05, 3.63) is 35.3 Å². The molecule has 3 rings (SSSR count). The van der Waals surface area contributed by atoms with E-state index in [4.69, 9.17) is 4.84 Å². The van der Waals surface area contributed by atoms with Crippen LogP contribution in [-0.4, -0.2) is 34.5 Å². The summed E-state index contributed by atoms with van der Waals surface area (Å²) in [5, 5.41) is 0.984. The van der Waals surface area contributed by atoms with Gasteiger partial charge in [-0.05, 0) is 18.8 Å². The van der Waals surface area contributed by atoms with E-state index in [-0.39, 0.29) is 17.3 Å². The van der Waals surface area contributed by atoms with E-state index < -0.39 is 17.5 Å². The molecule has 0 N–H and O–H groups in total. The molecule has 5 nitrogen and oxygen atoms in total. The van der Waals surface area contributed by atoms with E-state index >= 15 is 0 Å². The van der Waals surface area contributed by atoms with Gasteiger partial charge in [-0.25, -0.2) is 18.8 Å². The average molecular weight is 281 g/mol. The number of hydroxylamine groups is 2. The van der Waals surface area contributed by atoms with E-state index in [9.17, 15) is 13.6 Å². The lowest BCUT2D eigenvalue weighted by atomic mass is 10.1. The summed E-state index contributed by atoms with van der Waals surface area (Å²) in [6.45, 7) is 0. The van der Waals surface area contributed by atoms with Crippen LogP contribution in [0, 0.1) is 11.6 Å². The number of carbonyl (C=O) groups excluding carboxylic acids is 1. The first kappa shape index (κ1) is 13.0. The molecule has 2 heterocycles. The number of rotatable bonds is 3. The average Bonchev–Trinajstić information content (AvgIpc) is 3.23. The zero-order valence-corrected chi connectivity index (χ0v) is 11.1. The number of fused-ring (bicyclic) bond motifs is 1. The van der Waals surface area contributed by atoms with Gasteiger partial charge in [-0.2, -0.15) is 0 Å². The zero-order chi connectivity index (χ0) is 14.4. The van der Waals surface area contributed by atoms with Gasteiger partial charge in [-0.15, -0.1) is 0 Å². The molecule has 0 spiro atoms. The van der Waals surface area contributed by atoms with Gasteiger partial charge in [0, 0.05) is 18.8 Å². The van der Waals surface area contributed by atoms with Crippen molar-refractivity contribution in [2.75, 3.05) is 14.2 Å². The van der Waals surface area contributed by atoms with E-state index in [1.165, 1.54) is 14.2 Å². The summed E-state index contributed by atoms with van der Waals surface area (Å²) in [7, 11) is 2.75. The van der Waals surface area contributed by atoms with Crippen LogP contribution in [0.15, 0.2) is 12.4 Å². The summed E-state index contributed by atoms with van der Waals surface area (Å²) in [6, 6.07) is 0. The standard InChI is InChI=1S/C13H13F2N3O2/c1-17(20-2)13(19)11-9(7-3-4-7)10(15)12-16-5-8(14)6-18(11)12/h5-7H,3-4H2,1-2H3. The quantitative estimate of drug-likeness (QED) is 0.810. The van der Waals surface area contributed by atoms with Gasteiger partial charge in [0.15, 0.2) is 17.3 Å². The van der Waals surface area contributed by atoms with Crippen molar-refractivity contribution in [2.24, 2.45) is 0 Å². The van der Waals surface area contributed by atoms with Crippen LogP contribution in [0.3, 0.4) is 0 Å². The highest BCUT2D eigenvalue weighted by molar-refractivity contribution is 5.95. The van der Waals surface area contributed by atoms with Crippen molar-refractivity contribution in [1.82, 2.24) is 14.4 Å². The first-order valence-corrected chi connectivity index (χ1v) is 6.21. The Bertz CT molecular complexity index is 694. The fraction of sp³-hybridized carbons (Fsp3) is 0.385. The fourth-order valence-electron chi connectivity index (χ4n) is 2.28. The van der Waals surface area contributed by atoms with Crippen LogP contribution in [0.1, 0.15) is 34.8 Å². The molecule has 1 aliphatic carbocycles. The van der Waals surface area contributed by atoms with Crippen LogP contribution < -0.4 is 0 Å². The zero-order valence-electron chi connectivity index (χ0n) is 11.1. The highest BCUT2D eigenvalue weighted by Crippen LogP contribution is 2.44. The van der Waals surface area contributed by atoms with E-state index in [1.54, 1.807) is 0 Å². The predicted molar refractivity (Wildman–Crippen MR) is 66.2 cm³/mol. The highest BCUT2D eigenvalue weighted by Gasteiger charge is 2.36. The van der Waals surface area contributed by atoms with Gasteiger partial charge in [0.2, 0.25) is 0 Å². The molecule has 0 unspecified atom stereocenters. The maximum Gasteiger partial charge on any atom is 0.294 e. The summed E-state index contributed by atoms with van der Waals surface area (Å²) < 4.78 is 28.9. The van der Waals surface area contributed by atoms with Crippen molar-refractivity contribution in [3.8, 4) is 0 Å².